The van der Waals surface area contributed by atoms with Gasteiger partial charge in [0.15, 0.2) is 0 Å². The van der Waals surface area contributed by atoms with E-state index in [2.05, 4.69) is 4.90 Å². The van der Waals surface area contributed by atoms with Crippen LogP contribution in [-0.4, -0.2) is 43.0 Å². The molecule has 2 amide bonds. The Labute approximate surface area is 145 Å². The molecule has 2 N–H and O–H groups in total. The molecule has 2 aliphatic rings. The lowest BCUT2D eigenvalue weighted by Gasteiger charge is -2.31. The highest BCUT2D eigenvalue weighted by atomic mass is 16.5. The predicted molar refractivity (Wildman–Crippen MR) is 95.0 cm³/mol. The number of nitrogen functional groups attached to an aromatic ring is 1. The minimum atomic E-state index is -0.202. The Morgan fingerprint density at radius 1 is 1.00 bits per heavy atom. The third-order valence-electron chi connectivity index (χ3n) is 4.63. The molecule has 0 unspecified atom stereocenters. The molecule has 0 saturated heterocycles. The molecule has 2 heterocycles. The first-order valence-corrected chi connectivity index (χ1v) is 8.37. The van der Waals surface area contributed by atoms with Gasteiger partial charge >= 0.3 is 0 Å². The predicted octanol–water partition coefficient (Wildman–Crippen LogP) is 2.15. The van der Waals surface area contributed by atoms with Crippen LogP contribution >= 0.6 is 0 Å². The molecule has 128 valence electrons. The summed E-state index contributed by atoms with van der Waals surface area (Å²) in [6, 6.07) is 12.6. The first-order valence-electron chi connectivity index (χ1n) is 8.37. The Morgan fingerprint density at radius 3 is 2.44 bits per heavy atom. The highest BCUT2D eigenvalue weighted by Gasteiger charge is 2.34. The molecule has 0 spiro atoms. The van der Waals surface area contributed by atoms with Crippen LogP contribution in [0.4, 0.5) is 11.4 Å². The van der Waals surface area contributed by atoms with Crippen molar-refractivity contribution in [3.63, 3.8) is 0 Å². The van der Waals surface area contributed by atoms with E-state index in [0.717, 1.165) is 24.5 Å². The number of hydrogen-bond acceptors (Lipinski definition) is 5. The average Bonchev–Trinajstić information content (AvgIpc) is 2.87. The summed E-state index contributed by atoms with van der Waals surface area (Å²) in [7, 11) is 0. The number of imide groups is 1. The molecule has 2 aromatic carbocycles. The lowest BCUT2D eigenvalue weighted by atomic mass is 10.1. The van der Waals surface area contributed by atoms with Crippen LogP contribution in [0.1, 0.15) is 27.1 Å². The standard InChI is InChI=1S/C19H19N3O3/c20-13-6-7-17-16(12-13)21(10-11-25-17)8-3-9-22-18(23)14-4-1-2-5-15(14)19(22)24/h1-2,4-7,12H,3,8-11,20H2. The second-order valence-electron chi connectivity index (χ2n) is 6.22. The maximum absolute atomic E-state index is 12.4. The van der Waals surface area contributed by atoms with Crippen molar-refractivity contribution in [3.05, 3.63) is 53.6 Å². The fourth-order valence-electron chi connectivity index (χ4n) is 3.38. The van der Waals surface area contributed by atoms with Crippen molar-refractivity contribution in [1.82, 2.24) is 4.90 Å². The van der Waals surface area contributed by atoms with Crippen molar-refractivity contribution in [3.8, 4) is 5.75 Å². The number of fused-ring (bicyclic) bond motifs is 2. The van der Waals surface area contributed by atoms with E-state index >= 15 is 0 Å². The normalized spacial score (nSPS) is 15.8. The number of rotatable bonds is 4. The Balaban J connectivity index is 1.42. The zero-order valence-electron chi connectivity index (χ0n) is 13.8. The molecule has 2 aliphatic heterocycles. The number of benzene rings is 2. The summed E-state index contributed by atoms with van der Waals surface area (Å²) in [5.74, 6) is 0.417. The van der Waals surface area contributed by atoms with Crippen molar-refractivity contribution in [2.24, 2.45) is 0 Å². The van der Waals surface area contributed by atoms with Gasteiger partial charge in [0.25, 0.3) is 11.8 Å². The molecular formula is C19H19N3O3. The summed E-state index contributed by atoms with van der Waals surface area (Å²) in [4.78, 5) is 28.3. The third-order valence-corrected chi connectivity index (χ3v) is 4.63. The lowest BCUT2D eigenvalue weighted by molar-refractivity contribution is 0.0653. The van der Waals surface area contributed by atoms with Crippen LogP contribution in [0.5, 0.6) is 5.75 Å². The Kier molecular flexibility index (Phi) is 3.80. The van der Waals surface area contributed by atoms with Crippen molar-refractivity contribution in [2.75, 3.05) is 36.9 Å². The maximum Gasteiger partial charge on any atom is 0.261 e. The van der Waals surface area contributed by atoms with Gasteiger partial charge in [0.2, 0.25) is 0 Å². The largest absolute Gasteiger partial charge is 0.490 e. The molecule has 0 aliphatic carbocycles. The lowest BCUT2D eigenvalue weighted by Crippen LogP contribution is -2.37. The number of nitrogens with zero attached hydrogens (tertiary/aromatic N) is 2. The van der Waals surface area contributed by atoms with Crippen LogP contribution in [-0.2, 0) is 0 Å². The molecule has 25 heavy (non-hydrogen) atoms. The van der Waals surface area contributed by atoms with E-state index < -0.39 is 0 Å². The second-order valence-corrected chi connectivity index (χ2v) is 6.22. The summed E-state index contributed by atoms with van der Waals surface area (Å²) >= 11 is 0. The van der Waals surface area contributed by atoms with Gasteiger partial charge in [-0.15, -0.1) is 0 Å². The number of ether oxygens (including phenoxy) is 1. The van der Waals surface area contributed by atoms with E-state index in [1.54, 1.807) is 24.3 Å². The van der Waals surface area contributed by atoms with Crippen LogP contribution in [0.25, 0.3) is 0 Å². The van der Waals surface area contributed by atoms with E-state index in [1.165, 1.54) is 4.90 Å². The van der Waals surface area contributed by atoms with E-state index in [0.29, 0.717) is 36.4 Å². The Bertz CT molecular complexity index is 815. The van der Waals surface area contributed by atoms with Crippen molar-refractivity contribution < 1.29 is 14.3 Å². The topological polar surface area (TPSA) is 75.9 Å². The second kappa shape index (κ2) is 6.12. The monoisotopic (exact) mass is 337 g/mol. The van der Waals surface area contributed by atoms with Gasteiger partial charge in [-0.05, 0) is 36.8 Å². The van der Waals surface area contributed by atoms with Crippen molar-refractivity contribution in [2.45, 2.75) is 6.42 Å². The van der Waals surface area contributed by atoms with E-state index in [1.807, 2.05) is 18.2 Å². The number of carbonyl (C=O) groups is 2. The summed E-state index contributed by atoms with van der Waals surface area (Å²) in [5, 5.41) is 0. The quantitative estimate of drug-likeness (QED) is 0.683. The molecule has 6 nitrogen and oxygen atoms in total. The van der Waals surface area contributed by atoms with Crippen LogP contribution in [0.15, 0.2) is 42.5 Å². The minimum Gasteiger partial charge on any atom is -0.490 e. The highest BCUT2D eigenvalue weighted by molar-refractivity contribution is 6.21. The zero-order valence-corrected chi connectivity index (χ0v) is 13.8. The van der Waals surface area contributed by atoms with Crippen LogP contribution in [0.2, 0.25) is 0 Å². The van der Waals surface area contributed by atoms with Gasteiger partial charge in [0.1, 0.15) is 12.4 Å². The first kappa shape index (κ1) is 15.5. The third kappa shape index (κ3) is 2.69. The van der Waals surface area contributed by atoms with E-state index in [-0.39, 0.29) is 11.8 Å². The molecule has 0 bridgehead atoms. The number of hydrogen-bond donors (Lipinski definition) is 1. The van der Waals surface area contributed by atoms with E-state index in [9.17, 15) is 9.59 Å². The smallest absolute Gasteiger partial charge is 0.261 e. The highest BCUT2D eigenvalue weighted by Crippen LogP contribution is 2.33. The average molecular weight is 337 g/mol. The number of amides is 2. The van der Waals surface area contributed by atoms with Gasteiger partial charge in [-0.3, -0.25) is 14.5 Å². The summed E-state index contributed by atoms with van der Waals surface area (Å²) in [5.41, 5.74) is 8.53. The fourth-order valence-corrected chi connectivity index (χ4v) is 3.38. The summed E-state index contributed by atoms with van der Waals surface area (Å²) in [6.45, 7) is 2.51. The van der Waals surface area contributed by atoms with E-state index in [4.69, 9.17) is 10.5 Å². The van der Waals surface area contributed by atoms with Gasteiger partial charge in [-0.25, -0.2) is 0 Å². The molecule has 2 aromatic rings. The molecule has 0 atom stereocenters. The number of carbonyl (C=O) groups excluding carboxylic acids is 2. The molecular weight excluding hydrogens is 318 g/mol. The van der Waals surface area contributed by atoms with Crippen LogP contribution in [0.3, 0.4) is 0 Å². The number of nitrogens with two attached hydrogens (primary N) is 1. The molecule has 4 rings (SSSR count). The van der Waals surface area contributed by atoms with Crippen LogP contribution in [0, 0.1) is 0 Å². The Hall–Kier alpha value is -3.02. The molecule has 6 heteroatoms. The zero-order chi connectivity index (χ0) is 17.4. The number of anilines is 2. The maximum atomic E-state index is 12.4. The van der Waals surface area contributed by atoms with Gasteiger partial charge in [0.05, 0.1) is 23.4 Å². The molecule has 0 fully saturated rings. The van der Waals surface area contributed by atoms with Crippen molar-refractivity contribution >= 4 is 23.2 Å². The fraction of sp³-hybridized carbons (Fsp3) is 0.263. The minimum absolute atomic E-state index is 0.202. The Morgan fingerprint density at radius 2 is 1.72 bits per heavy atom. The van der Waals surface area contributed by atoms with Gasteiger partial charge in [-0.2, -0.15) is 0 Å². The summed E-state index contributed by atoms with van der Waals surface area (Å²) < 4.78 is 5.65. The first-order chi connectivity index (χ1) is 12.1. The molecule has 0 saturated carbocycles. The molecule has 0 aromatic heterocycles. The SMILES string of the molecule is Nc1ccc2c(c1)N(CCCN1C(=O)c3ccccc3C1=O)CCO2. The van der Waals surface area contributed by atoms with Gasteiger partial charge in [0, 0.05) is 18.8 Å². The summed E-state index contributed by atoms with van der Waals surface area (Å²) in [6.07, 6.45) is 0.694. The van der Waals surface area contributed by atoms with Crippen molar-refractivity contribution in [1.29, 1.82) is 0 Å². The molecule has 0 radical (unpaired) electrons. The van der Waals surface area contributed by atoms with Crippen LogP contribution < -0.4 is 15.4 Å². The van der Waals surface area contributed by atoms with Gasteiger partial charge in [-0.1, -0.05) is 12.1 Å². The van der Waals surface area contributed by atoms with Gasteiger partial charge < -0.3 is 15.4 Å².